The van der Waals surface area contributed by atoms with Crippen molar-refractivity contribution in [3.05, 3.63) is 54.3 Å². The Morgan fingerprint density at radius 2 is 1.85 bits per heavy atom. The molecule has 0 amide bonds. The minimum Gasteiger partial charge on any atom is -0.463 e. The third-order valence-corrected chi connectivity index (χ3v) is 2.87. The largest absolute Gasteiger partial charge is 0.463 e. The molecule has 0 unspecified atom stereocenters. The van der Waals surface area contributed by atoms with E-state index in [2.05, 4.69) is 4.98 Å². The first-order chi connectivity index (χ1) is 9.75. The Labute approximate surface area is 118 Å². The normalized spacial score (nSPS) is 9.95. The summed E-state index contributed by atoms with van der Waals surface area (Å²) in [5.74, 6) is 0.699. The zero-order valence-corrected chi connectivity index (χ0v) is 11.9. The molecule has 20 heavy (non-hydrogen) atoms. The SMILES string of the molecule is CC.CC(=O)c1cc(-c2ccco2)nc2ccccc12. The highest BCUT2D eigenvalue weighted by Crippen LogP contribution is 2.25. The first kappa shape index (κ1) is 14.0. The summed E-state index contributed by atoms with van der Waals surface area (Å²) in [4.78, 5) is 16.2. The van der Waals surface area contributed by atoms with Crippen LogP contribution in [0.15, 0.2) is 53.1 Å². The van der Waals surface area contributed by atoms with E-state index in [-0.39, 0.29) is 5.78 Å². The van der Waals surface area contributed by atoms with Crippen molar-refractivity contribution in [1.82, 2.24) is 4.98 Å². The van der Waals surface area contributed by atoms with Crippen LogP contribution >= 0.6 is 0 Å². The number of pyridine rings is 1. The van der Waals surface area contributed by atoms with E-state index in [4.69, 9.17) is 4.42 Å². The quantitative estimate of drug-likeness (QED) is 0.631. The fourth-order valence-corrected chi connectivity index (χ4v) is 2.02. The molecule has 0 saturated heterocycles. The van der Waals surface area contributed by atoms with Gasteiger partial charge < -0.3 is 4.42 Å². The Bertz CT molecular complexity index is 715. The summed E-state index contributed by atoms with van der Waals surface area (Å²) in [6.45, 7) is 5.56. The molecule has 0 radical (unpaired) electrons. The summed E-state index contributed by atoms with van der Waals surface area (Å²) in [7, 11) is 0. The number of ketones is 1. The van der Waals surface area contributed by atoms with Gasteiger partial charge in [-0.05, 0) is 31.2 Å². The lowest BCUT2D eigenvalue weighted by atomic mass is 10.0. The molecule has 1 aromatic carbocycles. The van der Waals surface area contributed by atoms with Gasteiger partial charge in [-0.25, -0.2) is 4.98 Å². The molecule has 0 N–H and O–H groups in total. The average molecular weight is 267 g/mol. The van der Waals surface area contributed by atoms with Crippen LogP contribution in [0, 0.1) is 0 Å². The number of carbonyl (C=O) groups excluding carboxylic acids is 1. The van der Waals surface area contributed by atoms with Gasteiger partial charge in [0.2, 0.25) is 0 Å². The van der Waals surface area contributed by atoms with Gasteiger partial charge in [-0.15, -0.1) is 0 Å². The van der Waals surface area contributed by atoms with Gasteiger partial charge in [-0.1, -0.05) is 32.0 Å². The van der Waals surface area contributed by atoms with Crippen molar-refractivity contribution in [2.75, 3.05) is 0 Å². The number of aromatic nitrogens is 1. The number of benzene rings is 1. The van der Waals surface area contributed by atoms with E-state index in [9.17, 15) is 4.79 Å². The second kappa shape index (κ2) is 6.15. The average Bonchev–Trinajstić information content (AvgIpc) is 3.02. The Morgan fingerprint density at radius 3 is 2.50 bits per heavy atom. The van der Waals surface area contributed by atoms with Crippen LogP contribution in [-0.4, -0.2) is 10.8 Å². The maximum Gasteiger partial charge on any atom is 0.160 e. The lowest BCUT2D eigenvalue weighted by Crippen LogP contribution is -1.97. The summed E-state index contributed by atoms with van der Waals surface area (Å²) in [5, 5.41) is 0.875. The van der Waals surface area contributed by atoms with Gasteiger partial charge in [0.05, 0.1) is 11.8 Å². The molecule has 3 rings (SSSR count). The molecule has 3 nitrogen and oxygen atoms in total. The van der Waals surface area contributed by atoms with E-state index in [1.54, 1.807) is 25.3 Å². The lowest BCUT2D eigenvalue weighted by molar-refractivity contribution is 0.101. The monoisotopic (exact) mass is 267 g/mol. The van der Waals surface area contributed by atoms with Gasteiger partial charge >= 0.3 is 0 Å². The van der Waals surface area contributed by atoms with Gasteiger partial charge in [-0.2, -0.15) is 0 Å². The lowest BCUT2D eigenvalue weighted by Gasteiger charge is -2.05. The van der Waals surface area contributed by atoms with E-state index in [0.29, 0.717) is 17.0 Å². The number of hydrogen-bond donors (Lipinski definition) is 0. The predicted octanol–water partition coefficient (Wildman–Crippen LogP) is 4.72. The minimum atomic E-state index is 0.0291. The van der Waals surface area contributed by atoms with E-state index in [1.807, 2.05) is 44.2 Å². The Kier molecular flexibility index (Phi) is 4.31. The van der Waals surface area contributed by atoms with E-state index in [0.717, 1.165) is 10.9 Å². The van der Waals surface area contributed by atoms with Crippen LogP contribution < -0.4 is 0 Å². The third-order valence-electron chi connectivity index (χ3n) is 2.87. The second-order valence-corrected chi connectivity index (χ2v) is 4.11. The molecule has 0 saturated carbocycles. The van der Waals surface area contributed by atoms with Crippen LogP contribution in [0.5, 0.6) is 0 Å². The molecule has 102 valence electrons. The van der Waals surface area contributed by atoms with E-state index in [1.165, 1.54) is 0 Å². The first-order valence-electron chi connectivity index (χ1n) is 6.70. The minimum absolute atomic E-state index is 0.0291. The molecule has 0 aliphatic rings. The maximum atomic E-state index is 11.7. The summed E-state index contributed by atoms with van der Waals surface area (Å²) >= 11 is 0. The third kappa shape index (κ3) is 2.62. The highest BCUT2D eigenvalue weighted by Gasteiger charge is 2.11. The van der Waals surface area contributed by atoms with Crippen molar-refractivity contribution in [2.45, 2.75) is 20.8 Å². The van der Waals surface area contributed by atoms with Crippen LogP contribution in [0.1, 0.15) is 31.1 Å². The van der Waals surface area contributed by atoms with Crippen LogP contribution in [-0.2, 0) is 0 Å². The number of fused-ring (bicyclic) bond motifs is 1. The summed E-state index contributed by atoms with van der Waals surface area (Å²) in [6, 6.07) is 13.0. The number of nitrogens with zero attached hydrogens (tertiary/aromatic N) is 1. The van der Waals surface area contributed by atoms with E-state index >= 15 is 0 Å². The van der Waals surface area contributed by atoms with Crippen LogP contribution in [0.25, 0.3) is 22.4 Å². The summed E-state index contributed by atoms with van der Waals surface area (Å²) < 4.78 is 5.33. The number of carbonyl (C=O) groups is 1. The molecule has 0 fully saturated rings. The Hall–Kier alpha value is -2.42. The van der Waals surface area contributed by atoms with Crippen molar-refractivity contribution in [1.29, 1.82) is 0 Å². The Balaban J connectivity index is 0.000000704. The fourth-order valence-electron chi connectivity index (χ4n) is 2.02. The van der Waals surface area contributed by atoms with Crippen molar-refractivity contribution in [2.24, 2.45) is 0 Å². The van der Waals surface area contributed by atoms with Crippen molar-refractivity contribution < 1.29 is 9.21 Å². The van der Waals surface area contributed by atoms with Gasteiger partial charge in [0, 0.05) is 10.9 Å². The number of Topliss-reactive ketones (excluding diaryl/α,β-unsaturated/α-hetero) is 1. The highest BCUT2D eigenvalue weighted by atomic mass is 16.3. The van der Waals surface area contributed by atoms with Gasteiger partial charge in [0.25, 0.3) is 0 Å². The maximum absolute atomic E-state index is 11.7. The smallest absolute Gasteiger partial charge is 0.160 e. The summed E-state index contributed by atoms with van der Waals surface area (Å²) in [5.41, 5.74) is 2.16. The molecule has 2 aromatic heterocycles. The molecule has 2 heterocycles. The number of rotatable bonds is 2. The van der Waals surface area contributed by atoms with Crippen molar-refractivity contribution >= 4 is 16.7 Å². The zero-order valence-electron chi connectivity index (χ0n) is 11.9. The molecule has 0 aliphatic heterocycles. The van der Waals surface area contributed by atoms with Crippen LogP contribution in [0.4, 0.5) is 0 Å². The van der Waals surface area contributed by atoms with Crippen molar-refractivity contribution in [3.8, 4) is 11.5 Å². The van der Waals surface area contributed by atoms with Gasteiger partial charge in [-0.3, -0.25) is 4.79 Å². The van der Waals surface area contributed by atoms with Crippen LogP contribution in [0.2, 0.25) is 0 Å². The summed E-state index contributed by atoms with van der Waals surface area (Å²) in [6.07, 6.45) is 1.60. The molecule has 0 aliphatic carbocycles. The number of furan rings is 1. The predicted molar refractivity (Wildman–Crippen MR) is 80.8 cm³/mol. The molecule has 0 spiro atoms. The van der Waals surface area contributed by atoms with E-state index < -0.39 is 0 Å². The fraction of sp³-hybridized carbons (Fsp3) is 0.176. The topological polar surface area (TPSA) is 43.1 Å². The molecular formula is C17H17NO2. The van der Waals surface area contributed by atoms with Crippen molar-refractivity contribution in [3.63, 3.8) is 0 Å². The second-order valence-electron chi connectivity index (χ2n) is 4.11. The zero-order chi connectivity index (χ0) is 14.5. The number of hydrogen-bond acceptors (Lipinski definition) is 3. The molecule has 3 aromatic rings. The highest BCUT2D eigenvalue weighted by molar-refractivity contribution is 6.07. The molecule has 3 heteroatoms. The first-order valence-corrected chi connectivity index (χ1v) is 6.70. The molecule has 0 bridgehead atoms. The standard InChI is InChI=1S/C15H11NO2.C2H6/c1-10(17)12-9-14(15-7-4-8-18-15)16-13-6-3-2-5-11(12)13;1-2/h2-9H,1H3;1-2H3. The van der Waals surface area contributed by atoms with Crippen LogP contribution in [0.3, 0.4) is 0 Å². The van der Waals surface area contributed by atoms with Gasteiger partial charge in [0.15, 0.2) is 11.5 Å². The Morgan fingerprint density at radius 1 is 1.10 bits per heavy atom. The molecular weight excluding hydrogens is 250 g/mol. The molecule has 0 atom stereocenters. The number of para-hydroxylation sites is 1. The van der Waals surface area contributed by atoms with Gasteiger partial charge in [0.1, 0.15) is 5.69 Å².